The standard InChI is InChI=1S/C23H23BClF2N3O2/c1-15-5-8-21(31)17(12-15)6-7-18-13-16(2)23-19(9-10-28-22(32)14-25)20-4-3-11-29(20)24(26,27)30(18)23/h3-8,11-13,31H,9-10,14H2,1-2H3,(H,28,32). The third kappa shape index (κ3) is 3.79. The van der Waals surface area contributed by atoms with E-state index in [4.69, 9.17) is 11.6 Å². The summed E-state index contributed by atoms with van der Waals surface area (Å²) >= 11 is 5.54. The van der Waals surface area contributed by atoms with E-state index in [1.54, 1.807) is 55.5 Å². The van der Waals surface area contributed by atoms with Crippen molar-refractivity contribution in [2.75, 3.05) is 12.4 Å². The van der Waals surface area contributed by atoms with Crippen molar-refractivity contribution in [1.29, 1.82) is 0 Å². The van der Waals surface area contributed by atoms with Gasteiger partial charge in [-0.3, -0.25) is 4.79 Å². The lowest BCUT2D eigenvalue weighted by Crippen LogP contribution is -2.50. The van der Waals surface area contributed by atoms with Gasteiger partial charge in [0.1, 0.15) is 17.8 Å². The molecule has 0 fully saturated rings. The molecular weight excluding hydrogens is 435 g/mol. The minimum absolute atomic E-state index is 0.0845. The van der Waals surface area contributed by atoms with Gasteiger partial charge in [0.2, 0.25) is 5.91 Å². The first-order valence-electron chi connectivity index (χ1n) is 10.3. The molecule has 32 heavy (non-hydrogen) atoms. The smallest absolute Gasteiger partial charge is 0.507 e. The number of aromatic hydroxyl groups is 1. The van der Waals surface area contributed by atoms with Gasteiger partial charge in [-0.15, -0.1) is 11.6 Å². The molecule has 1 aromatic carbocycles. The monoisotopic (exact) mass is 457 g/mol. The number of carbonyl (C=O) groups excluding carboxylic acids is 1. The molecule has 2 aromatic rings. The topological polar surface area (TPSA) is 57.3 Å². The van der Waals surface area contributed by atoms with Crippen LogP contribution >= 0.6 is 11.6 Å². The molecule has 0 spiro atoms. The zero-order valence-electron chi connectivity index (χ0n) is 17.8. The van der Waals surface area contributed by atoms with Crippen LogP contribution in [0.4, 0.5) is 8.63 Å². The van der Waals surface area contributed by atoms with Crippen LogP contribution in [0.3, 0.4) is 0 Å². The van der Waals surface area contributed by atoms with E-state index in [9.17, 15) is 9.90 Å². The highest BCUT2D eigenvalue weighted by Crippen LogP contribution is 2.40. The quantitative estimate of drug-likeness (QED) is 0.501. The first-order valence-corrected chi connectivity index (χ1v) is 10.9. The lowest BCUT2D eigenvalue weighted by molar-refractivity contribution is -0.356. The van der Waals surface area contributed by atoms with Crippen LogP contribution in [-0.4, -0.2) is 45.6 Å². The number of carbonyl (C=O) groups is 1. The average molecular weight is 458 g/mol. The number of fused-ring (bicyclic) bond motifs is 2. The summed E-state index contributed by atoms with van der Waals surface area (Å²) in [6, 6.07) is 6.88. The number of nitrogens with zero attached hydrogens (tertiary/aromatic N) is 2. The van der Waals surface area contributed by atoms with Gasteiger partial charge in [0, 0.05) is 41.2 Å². The Morgan fingerprint density at radius 3 is 2.81 bits per heavy atom. The highest BCUT2D eigenvalue weighted by atomic mass is 35.5. The molecule has 1 aromatic heterocycles. The second-order valence-corrected chi connectivity index (χ2v) is 8.23. The van der Waals surface area contributed by atoms with E-state index >= 15 is 8.63 Å². The molecule has 9 heteroatoms. The highest BCUT2D eigenvalue weighted by molar-refractivity contribution is 6.58. The summed E-state index contributed by atoms with van der Waals surface area (Å²) < 4.78 is 33.4. The number of hydrogen-bond acceptors (Lipinski definition) is 2. The Kier molecular flexibility index (Phi) is 5.82. The summed E-state index contributed by atoms with van der Waals surface area (Å²) in [7, 11) is 0. The van der Waals surface area contributed by atoms with Gasteiger partial charge in [-0.2, -0.15) is 0 Å². The van der Waals surface area contributed by atoms with Gasteiger partial charge < -0.3 is 28.0 Å². The van der Waals surface area contributed by atoms with E-state index in [1.165, 1.54) is 6.21 Å². The molecule has 1 amide bonds. The molecule has 0 aliphatic carbocycles. The van der Waals surface area contributed by atoms with E-state index in [0.29, 0.717) is 34.6 Å². The summed E-state index contributed by atoms with van der Waals surface area (Å²) in [5.74, 6) is -0.369. The van der Waals surface area contributed by atoms with Gasteiger partial charge in [-0.1, -0.05) is 11.6 Å². The zero-order chi connectivity index (χ0) is 23.0. The number of amides is 1. The van der Waals surface area contributed by atoms with Crippen molar-refractivity contribution in [3.63, 3.8) is 0 Å². The van der Waals surface area contributed by atoms with Crippen LogP contribution in [0.15, 0.2) is 42.1 Å². The maximum absolute atomic E-state index is 15.6. The number of phenols is 1. The van der Waals surface area contributed by atoms with Crippen LogP contribution < -0.4 is 5.32 Å². The van der Waals surface area contributed by atoms with Crippen molar-refractivity contribution < 1.29 is 23.0 Å². The second-order valence-electron chi connectivity index (χ2n) is 7.97. The Balaban J connectivity index is 1.79. The van der Waals surface area contributed by atoms with Crippen molar-refractivity contribution >= 4 is 48.4 Å². The molecule has 0 saturated heterocycles. The van der Waals surface area contributed by atoms with Crippen LogP contribution in [0, 0.1) is 13.8 Å². The number of aryl methyl sites for hydroxylation is 2. The fraction of sp³-hybridized carbons (Fsp3) is 0.217. The van der Waals surface area contributed by atoms with Crippen molar-refractivity contribution in [3.05, 3.63) is 70.2 Å². The lowest BCUT2D eigenvalue weighted by atomic mass is 9.86. The van der Waals surface area contributed by atoms with Crippen LogP contribution in [-0.2, 0) is 4.79 Å². The largest absolute Gasteiger partial charge is 0.737 e. The Morgan fingerprint density at radius 2 is 2.06 bits per heavy atom. The van der Waals surface area contributed by atoms with Crippen molar-refractivity contribution in [1.82, 2.24) is 9.79 Å². The number of aromatic nitrogens is 1. The minimum atomic E-state index is -4.11. The van der Waals surface area contributed by atoms with Gasteiger partial charge >= 0.3 is 6.97 Å². The summed E-state index contributed by atoms with van der Waals surface area (Å²) in [6.45, 7) is -0.126. The Bertz CT molecular complexity index is 1230. The highest BCUT2D eigenvalue weighted by Gasteiger charge is 2.52. The van der Waals surface area contributed by atoms with E-state index in [0.717, 1.165) is 20.1 Å². The summed E-state index contributed by atoms with van der Waals surface area (Å²) in [5, 5.41) is 12.8. The number of rotatable bonds is 6. The molecule has 2 aliphatic rings. The van der Waals surface area contributed by atoms with Crippen LogP contribution in [0.1, 0.15) is 34.5 Å². The van der Waals surface area contributed by atoms with Crippen LogP contribution in [0.2, 0.25) is 0 Å². The van der Waals surface area contributed by atoms with E-state index in [-0.39, 0.29) is 24.1 Å². The molecule has 0 atom stereocenters. The molecule has 4 rings (SSSR count). The van der Waals surface area contributed by atoms with E-state index in [2.05, 4.69) is 5.32 Å². The summed E-state index contributed by atoms with van der Waals surface area (Å²) in [4.78, 5) is 11.5. The second kappa shape index (κ2) is 8.43. The Labute approximate surface area is 190 Å². The van der Waals surface area contributed by atoms with E-state index in [1.807, 2.05) is 6.92 Å². The first kappa shape index (κ1) is 22.1. The maximum Gasteiger partial charge on any atom is 0.737 e. The average Bonchev–Trinajstić information content (AvgIpc) is 3.37. The molecule has 0 bridgehead atoms. The van der Waals surface area contributed by atoms with Crippen molar-refractivity contribution in [2.24, 2.45) is 0 Å². The van der Waals surface area contributed by atoms with Gasteiger partial charge in [0.25, 0.3) is 0 Å². The number of phenolic OH excluding ortho intramolecular Hbond substituents is 1. The molecule has 166 valence electrons. The van der Waals surface area contributed by atoms with Crippen LogP contribution in [0.25, 0.3) is 17.7 Å². The molecule has 3 heterocycles. The Hall–Kier alpha value is -3.13. The number of halogens is 3. The molecule has 0 radical (unpaired) electrons. The molecule has 5 nitrogen and oxygen atoms in total. The van der Waals surface area contributed by atoms with Gasteiger partial charge in [-0.25, -0.2) is 0 Å². The van der Waals surface area contributed by atoms with Gasteiger partial charge in [0.15, 0.2) is 5.70 Å². The molecule has 2 aliphatic heterocycles. The minimum Gasteiger partial charge on any atom is -0.507 e. The predicted molar refractivity (Wildman–Crippen MR) is 125 cm³/mol. The van der Waals surface area contributed by atoms with Gasteiger partial charge in [0.05, 0.1) is 0 Å². The molecule has 0 saturated carbocycles. The van der Waals surface area contributed by atoms with Gasteiger partial charge in [-0.05, 0) is 56.2 Å². The number of allylic oxidation sites excluding steroid dienone is 2. The fourth-order valence-electron chi connectivity index (χ4n) is 4.29. The fourth-order valence-corrected chi connectivity index (χ4v) is 4.39. The SMILES string of the molecule is Cc1ccc(O)c(C=Cc2cc(C)c3n2[B-](F)(F)[N+]2=CC=CC2=C3CCNC(=O)CCl)c1. The maximum atomic E-state index is 15.6. The normalized spacial score (nSPS) is 16.3. The first-order chi connectivity index (χ1) is 15.2. The number of benzene rings is 1. The van der Waals surface area contributed by atoms with Crippen LogP contribution in [0.5, 0.6) is 5.75 Å². The Morgan fingerprint density at radius 1 is 1.28 bits per heavy atom. The number of nitrogens with one attached hydrogen (secondary N) is 1. The number of alkyl halides is 1. The molecule has 2 N–H and O–H groups in total. The number of hydrogen-bond donors (Lipinski definition) is 2. The van der Waals surface area contributed by atoms with Crippen molar-refractivity contribution in [2.45, 2.75) is 20.3 Å². The van der Waals surface area contributed by atoms with E-state index < -0.39 is 6.97 Å². The lowest BCUT2D eigenvalue weighted by Gasteiger charge is -2.32. The third-order valence-electron chi connectivity index (χ3n) is 5.71. The zero-order valence-corrected chi connectivity index (χ0v) is 18.5. The predicted octanol–water partition coefficient (Wildman–Crippen LogP) is 4.33. The summed E-state index contributed by atoms with van der Waals surface area (Å²) in [5.41, 5.74) is 4.19. The third-order valence-corrected chi connectivity index (χ3v) is 5.95. The molecule has 0 unspecified atom stereocenters. The summed E-state index contributed by atoms with van der Waals surface area (Å²) in [6.07, 6.45) is 8.27. The molecular formula is C23H23BClF2N3O2. The van der Waals surface area contributed by atoms with Crippen molar-refractivity contribution in [3.8, 4) is 5.75 Å².